The fourth-order valence-electron chi connectivity index (χ4n) is 4.31. The molecule has 3 N–H and O–H groups in total. The third kappa shape index (κ3) is 2.79. The van der Waals surface area contributed by atoms with E-state index in [0.29, 0.717) is 12.0 Å². The molecule has 4 heterocycles. The number of rotatable bonds is 6. The standard InChI is InChI=1S/C18H20N4O5S2/c1-7-14(29-17-16(28-3)20(5-11(19)24)6-21(7)17)9-4-10-12(8(2)23)15(25)22(10)13(9)18(26)27/h6,8,10,12,23H,4-5H2,1-3H3,(H2-,19,24,26,27)/t8-,10-,12-/m1/s1. The van der Waals surface area contributed by atoms with Gasteiger partial charge in [0, 0.05) is 5.57 Å². The second-order valence-electron chi connectivity index (χ2n) is 7.27. The van der Waals surface area contributed by atoms with E-state index in [1.165, 1.54) is 28.0 Å². The van der Waals surface area contributed by atoms with Gasteiger partial charge in [0.2, 0.25) is 15.8 Å². The maximum absolute atomic E-state index is 12.4. The molecule has 3 atom stereocenters. The molecule has 0 radical (unpaired) electrons. The number of carboxylic acid groups (broad SMARTS) is 1. The van der Waals surface area contributed by atoms with Crippen LogP contribution in [0.1, 0.15) is 23.9 Å². The quantitative estimate of drug-likeness (QED) is 0.335. The van der Waals surface area contributed by atoms with Crippen LogP contribution in [0.15, 0.2) is 17.1 Å². The van der Waals surface area contributed by atoms with Crippen LogP contribution in [0.2, 0.25) is 0 Å². The van der Waals surface area contributed by atoms with Crippen molar-refractivity contribution in [1.29, 1.82) is 0 Å². The molecular weight excluding hydrogens is 416 g/mol. The number of nitrogens with two attached hydrogens (primary N) is 1. The zero-order chi connectivity index (χ0) is 21.2. The number of hydrogen-bond donors (Lipinski definition) is 2. The van der Waals surface area contributed by atoms with Crippen LogP contribution in [0, 0.1) is 12.8 Å². The first-order chi connectivity index (χ1) is 13.7. The predicted molar refractivity (Wildman–Crippen MR) is 104 cm³/mol. The second-order valence-corrected chi connectivity index (χ2v) is 9.07. The Hall–Kier alpha value is -2.37. The smallest absolute Gasteiger partial charge is 0.259 e. The first-order valence-corrected chi connectivity index (χ1v) is 11.0. The molecule has 154 valence electrons. The molecule has 0 spiro atoms. The Morgan fingerprint density at radius 3 is 2.76 bits per heavy atom. The minimum absolute atomic E-state index is 0.0484. The number of carbonyl (C=O) groups is 3. The molecule has 2 aliphatic rings. The third-order valence-corrected chi connectivity index (χ3v) is 7.79. The Morgan fingerprint density at radius 1 is 1.52 bits per heavy atom. The number of β-lactam (4-membered cyclic amide) rings is 1. The number of aliphatic carboxylic acids is 1. The summed E-state index contributed by atoms with van der Waals surface area (Å²) in [4.78, 5) is 38.5. The van der Waals surface area contributed by atoms with Crippen molar-refractivity contribution in [2.75, 3.05) is 6.26 Å². The molecule has 2 aromatic rings. The topological polar surface area (TPSA) is 132 Å². The summed E-state index contributed by atoms with van der Waals surface area (Å²) in [7, 11) is 0. The Morgan fingerprint density at radius 2 is 2.21 bits per heavy atom. The molecule has 9 nitrogen and oxygen atoms in total. The first-order valence-electron chi connectivity index (χ1n) is 8.99. The van der Waals surface area contributed by atoms with Gasteiger partial charge in [0.25, 0.3) is 12.2 Å². The maximum Gasteiger partial charge on any atom is 0.259 e. The van der Waals surface area contributed by atoms with Gasteiger partial charge in [-0.15, -0.1) is 0 Å². The number of carbonyl (C=O) groups excluding carboxylic acids is 3. The van der Waals surface area contributed by atoms with E-state index in [0.717, 1.165) is 20.4 Å². The van der Waals surface area contributed by atoms with Gasteiger partial charge in [-0.2, -0.15) is 4.40 Å². The highest BCUT2D eigenvalue weighted by molar-refractivity contribution is 7.98. The van der Waals surface area contributed by atoms with Gasteiger partial charge in [-0.05, 0) is 26.5 Å². The molecule has 2 aliphatic heterocycles. The number of thiazole rings is 1. The van der Waals surface area contributed by atoms with Gasteiger partial charge in [0.05, 0.1) is 34.6 Å². The lowest BCUT2D eigenvalue weighted by atomic mass is 9.83. The number of carboxylic acids is 1. The number of aromatic nitrogens is 2. The largest absolute Gasteiger partial charge is 0.543 e. The van der Waals surface area contributed by atoms with E-state index in [-0.39, 0.29) is 24.2 Å². The Bertz CT molecular complexity index is 1100. The Kier molecular flexibility index (Phi) is 4.71. The van der Waals surface area contributed by atoms with Crippen molar-refractivity contribution in [2.24, 2.45) is 11.7 Å². The van der Waals surface area contributed by atoms with Crippen LogP contribution in [0.25, 0.3) is 10.4 Å². The van der Waals surface area contributed by atoms with Gasteiger partial charge in [-0.25, -0.2) is 4.57 Å². The summed E-state index contributed by atoms with van der Waals surface area (Å²) in [6, 6.07) is -0.369. The van der Waals surface area contributed by atoms with Crippen molar-refractivity contribution in [3.05, 3.63) is 22.6 Å². The highest BCUT2D eigenvalue weighted by atomic mass is 32.2. The molecule has 0 saturated carbocycles. The number of amides is 2. The maximum atomic E-state index is 12.4. The summed E-state index contributed by atoms with van der Waals surface area (Å²) in [5, 5.41) is 22.6. The fourth-order valence-corrected chi connectivity index (χ4v) is 6.53. The van der Waals surface area contributed by atoms with E-state index in [4.69, 9.17) is 5.73 Å². The fraction of sp³-hybridized carbons (Fsp3) is 0.444. The van der Waals surface area contributed by atoms with Crippen molar-refractivity contribution >= 4 is 51.3 Å². The molecule has 1 saturated heterocycles. The van der Waals surface area contributed by atoms with Crippen LogP contribution >= 0.6 is 23.1 Å². The molecule has 11 heteroatoms. The average molecular weight is 437 g/mol. The van der Waals surface area contributed by atoms with Gasteiger partial charge in [0.1, 0.15) is 5.69 Å². The van der Waals surface area contributed by atoms with E-state index in [2.05, 4.69) is 0 Å². The molecule has 0 unspecified atom stereocenters. The van der Waals surface area contributed by atoms with Crippen LogP contribution in [0.3, 0.4) is 0 Å². The van der Waals surface area contributed by atoms with Crippen LogP contribution < -0.4 is 15.4 Å². The number of nitrogens with zero attached hydrogens (tertiary/aromatic N) is 3. The zero-order valence-electron chi connectivity index (χ0n) is 16.0. The van der Waals surface area contributed by atoms with Crippen LogP contribution in [0.4, 0.5) is 0 Å². The van der Waals surface area contributed by atoms with Crippen molar-refractivity contribution in [2.45, 2.75) is 44.0 Å². The molecule has 0 bridgehead atoms. The van der Waals surface area contributed by atoms with Gasteiger partial charge in [0.15, 0.2) is 6.54 Å². The number of imidazole rings is 1. The number of thioether (sulfide) groups is 1. The summed E-state index contributed by atoms with van der Waals surface area (Å²) >= 11 is 2.87. The molecular formula is C18H20N4O5S2. The van der Waals surface area contributed by atoms with Crippen molar-refractivity contribution in [1.82, 2.24) is 9.30 Å². The molecule has 4 rings (SSSR count). The van der Waals surface area contributed by atoms with Crippen LogP contribution in [-0.2, 0) is 20.9 Å². The Balaban J connectivity index is 1.83. The molecule has 2 amide bonds. The molecule has 1 fully saturated rings. The van der Waals surface area contributed by atoms with Crippen LogP contribution in [0.5, 0.6) is 0 Å². The molecule has 0 aliphatic carbocycles. The number of fused-ring (bicyclic) bond motifs is 2. The summed E-state index contributed by atoms with van der Waals surface area (Å²) in [6.07, 6.45) is 3.17. The van der Waals surface area contributed by atoms with Crippen LogP contribution in [-0.4, -0.2) is 50.6 Å². The van der Waals surface area contributed by atoms with Gasteiger partial charge < -0.3 is 25.6 Å². The highest BCUT2D eigenvalue weighted by Crippen LogP contribution is 2.49. The predicted octanol–water partition coefficient (Wildman–Crippen LogP) is -1.12. The summed E-state index contributed by atoms with van der Waals surface area (Å²) in [5.74, 6) is -2.84. The highest BCUT2D eigenvalue weighted by Gasteiger charge is 2.56. The first kappa shape index (κ1) is 19.9. The normalized spacial score (nSPS) is 22.2. The lowest BCUT2D eigenvalue weighted by Gasteiger charge is -2.45. The number of primary amides is 1. The number of aliphatic hydroxyl groups excluding tert-OH is 1. The van der Waals surface area contributed by atoms with E-state index >= 15 is 0 Å². The van der Waals surface area contributed by atoms with Crippen molar-refractivity contribution < 1.29 is 29.2 Å². The average Bonchev–Trinajstić information content (AvgIpc) is 3.23. The number of aliphatic hydroxyl groups is 1. The summed E-state index contributed by atoms with van der Waals surface area (Å²) in [5.41, 5.74) is 6.58. The summed E-state index contributed by atoms with van der Waals surface area (Å²) in [6.45, 7) is 3.45. The minimum Gasteiger partial charge on any atom is -0.543 e. The third-order valence-electron chi connectivity index (χ3n) is 5.52. The van der Waals surface area contributed by atoms with Gasteiger partial charge in [-0.1, -0.05) is 23.1 Å². The molecule has 2 aromatic heterocycles. The number of hydrogen-bond acceptors (Lipinski definition) is 7. The van der Waals surface area contributed by atoms with Gasteiger partial charge >= 0.3 is 0 Å². The Labute approximate surface area is 174 Å². The molecule has 0 aromatic carbocycles. The monoisotopic (exact) mass is 436 g/mol. The van der Waals surface area contributed by atoms with E-state index in [1.54, 1.807) is 17.8 Å². The van der Waals surface area contributed by atoms with E-state index in [9.17, 15) is 24.6 Å². The van der Waals surface area contributed by atoms with Gasteiger partial charge in [-0.3, -0.25) is 9.59 Å². The van der Waals surface area contributed by atoms with E-state index < -0.39 is 23.9 Å². The van der Waals surface area contributed by atoms with E-state index in [1.807, 2.05) is 17.6 Å². The SMILES string of the molecule is CSc1c2sc(C3=C(C(=O)[O-])N4C(=O)[C@H]([C@@H](C)O)[C@H]4C3)c(C)n2c[n+]1CC(N)=O. The zero-order valence-corrected chi connectivity index (χ0v) is 17.7. The van der Waals surface area contributed by atoms with Crippen molar-refractivity contribution in [3.8, 4) is 0 Å². The second kappa shape index (κ2) is 6.85. The number of aryl methyl sites for hydroxylation is 1. The minimum atomic E-state index is -1.40. The lowest BCUT2D eigenvalue weighted by molar-refractivity contribution is -0.717. The molecule has 29 heavy (non-hydrogen) atoms. The van der Waals surface area contributed by atoms with Crippen molar-refractivity contribution in [3.63, 3.8) is 0 Å². The summed E-state index contributed by atoms with van der Waals surface area (Å²) < 4.78 is 3.66. The lowest BCUT2D eigenvalue weighted by Crippen LogP contribution is -2.62.